The molecular weight excluding hydrogens is 296 g/mol. The van der Waals surface area contributed by atoms with Gasteiger partial charge >= 0.3 is 5.97 Å². The fraction of sp³-hybridized carbons (Fsp3) is 0.429. The van der Waals surface area contributed by atoms with Gasteiger partial charge in [-0.15, -0.1) is 0 Å². The van der Waals surface area contributed by atoms with Gasteiger partial charge in [-0.1, -0.05) is 23.7 Å². The number of carbonyl (C=O) groups excluding carboxylic acids is 1. The number of carboxylic acids is 1. The molecule has 0 spiro atoms. The number of morpholine rings is 1. The maximum absolute atomic E-state index is 12.0. The van der Waals surface area contributed by atoms with E-state index in [1.165, 1.54) is 0 Å². The topological polar surface area (TPSA) is 78.9 Å². The van der Waals surface area contributed by atoms with E-state index in [4.69, 9.17) is 21.4 Å². The van der Waals surface area contributed by atoms with Crippen molar-refractivity contribution < 1.29 is 19.4 Å². The number of benzene rings is 1. The Labute approximate surface area is 127 Å². The van der Waals surface area contributed by atoms with E-state index in [0.29, 0.717) is 30.4 Å². The second kappa shape index (κ2) is 7.40. The van der Waals surface area contributed by atoms with Crippen LogP contribution in [0.15, 0.2) is 24.3 Å². The van der Waals surface area contributed by atoms with E-state index >= 15 is 0 Å². The Balaban J connectivity index is 1.85. The molecule has 0 aromatic heterocycles. The number of carboxylic acid groups (broad SMARTS) is 1. The highest BCUT2D eigenvalue weighted by atomic mass is 35.5. The first kappa shape index (κ1) is 15.8. The predicted octanol–water partition coefficient (Wildman–Crippen LogP) is 1.45. The lowest BCUT2D eigenvalue weighted by Crippen LogP contribution is -2.46. The summed E-state index contributed by atoms with van der Waals surface area (Å²) in [6.07, 6.45) is -0.424. The SMILES string of the molecule is O=C(O)CC1CN(CC(=O)Nc2ccccc2Cl)CCO1. The molecule has 2 rings (SSSR count). The van der Waals surface area contributed by atoms with Gasteiger partial charge in [0.05, 0.1) is 36.4 Å². The molecule has 2 N–H and O–H groups in total. The second-order valence-corrected chi connectivity index (χ2v) is 5.26. The van der Waals surface area contributed by atoms with Crippen LogP contribution < -0.4 is 5.32 Å². The summed E-state index contributed by atoms with van der Waals surface area (Å²) in [5.74, 6) is -1.08. The molecule has 7 heteroatoms. The summed E-state index contributed by atoms with van der Waals surface area (Å²) in [6.45, 7) is 1.65. The number of carbonyl (C=O) groups is 2. The van der Waals surface area contributed by atoms with Crippen molar-refractivity contribution in [2.45, 2.75) is 12.5 Å². The number of hydrogen-bond acceptors (Lipinski definition) is 4. The van der Waals surface area contributed by atoms with Gasteiger partial charge in [-0.3, -0.25) is 14.5 Å². The monoisotopic (exact) mass is 312 g/mol. The van der Waals surface area contributed by atoms with Crippen molar-refractivity contribution in [1.82, 2.24) is 4.90 Å². The van der Waals surface area contributed by atoms with E-state index in [9.17, 15) is 9.59 Å². The van der Waals surface area contributed by atoms with Gasteiger partial charge in [-0.25, -0.2) is 0 Å². The van der Waals surface area contributed by atoms with Gasteiger partial charge in [0.25, 0.3) is 0 Å². The zero-order valence-electron chi connectivity index (χ0n) is 11.4. The summed E-state index contributed by atoms with van der Waals surface area (Å²) in [5.41, 5.74) is 0.569. The van der Waals surface area contributed by atoms with Crippen molar-refractivity contribution in [3.05, 3.63) is 29.3 Å². The molecular formula is C14H17ClN2O4. The van der Waals surface area contributed by atoms with Crippen LogP contribution in [0.1, 0.15) is 6.42 Å². The number of amides is 1. The normalized spacial score (nSPS) is 19.2. The van der Waals surface area contributed by atoms with E-state index in [1.54, 1.807) is 24.3 Å². The first-order valence-electron chi connectivity index (χ1n) is 6.64. The fourth-order valence-corrected chi connectivity index (χ4v) is 2.38. The van der Waals surface area contributed by atoms with Gasteiger partial charge < -0.3 is 15.2 Å². The standard InChI is InChI=1S/C14H17ClN2O4/c15-11-3-1-2-4-12(11)16-13(18)9-17-5-6-21-10(8-17)7-14(19)20/h1-4,10H,5-9H2,(H,16,18)(H,19,20). The summed E-state index contributed by atoms with van der Waals surface area (Å²) in [5, 5.41) is 12.0. The van der Waals surface area contributed by atoms with Crippen molar-refractivity contribution in [3.8, 4) is 0 Å². The van der Waals surface area contributed by atoms with Crippen LogP contribution in [0.5, 0.6) is 0 Å². The van der Waals surface area contributed by atoms with Gasteiger partial charge in [0.2, 0.25) is 5.91 Å². The Morgan fingerprint density at radius 3 is 2.90 bits per heavy atom. The Bertz CT molecular complexity index is 523. The predicted molar refractivity (Wildman–Crippen MR) is 78.5 cm³/mol. The number of halogens is 1. The van der Waals surface area contributed by atoms with Gasteiger partial charge in [0.1, 0.15) is 0 Å². The third-order valence-corrected chi connectivity index (χ3v) is 3.47. The third-order valence-electron chi connectivity index (χ3n) is 3.14. The largest absolute Gasteiger partial charge is 0.481 e. The Kier molecular flexibility index (Phi) is 5.55. The molecule has 1 aromatic rings. The molecule has 0 bridgehead atoms. The minimum Gasteiger partial charge on any atom is -0.481 e. The van der Waals surface area contributed by atoms with Crippen molar-refractivity contribution in [3.63, 3.8) is 0 Å². The van der Waals surface area contributed by atoms with Gasteiger partial charge in [-0.05, 0) is 12.1 Å². The molecule has 1 unspecified atom stereocenters. The zero-order chi connectivity index (χ0) is 15.2. The highest BCUT2D eigenvalue weighted by Gasteiger charge is 2.24. The molecule has 1 saturated heterocycles. The quantitative estimate of drug-likeness (QED) is 0.860. The summed E-state index contributed by atoms with van der Waals surface area (Å²) < 4.78 is 5.36. The average Bonchev–Trinajstić information content (AvgIpc) is 2.41. The number of hydrogen-bond donors (Lipinski definition) is 2. The number of nitrogens with zero attached hydrogens (tertiary/aromatic N) is 1. The molecule has 1 atom stereocenters. The van der Waals surface area contributed by atoms with E-state index in [2.05, 4.69) is 5.32 Å². The van der Waals surface area contributed by atoms with Crippen molar-refractivity contribution in [2.75, 3.05) is 31.6 Å². The highest BCUT2D eigenvalue weighted by molar-refractivity contribution is 6.33. The van der Waals surface area contributed by atoms with E-state index in [1.807, 2.05) is 4.90 Å². The molecule has 0 radical (unpaired) electrons. The Morgan fingerprint density at radius 1 is 1.43 bits per heavy atom. The first-order chi connectivity index (χ1) is 10.0. The molecule has 1 aromatic carbocycles. The maximum Gasteiger partial charge on any atom is 0.306 e. The number of anilines is 1. The van der Waals surface area contributed by atoms with E-state index in [0.717, 1.165) is 0 Å². The second-order valence-electron chi connectivity index (χ2n) is 4.85. The maximum atomic E-state index is 12.0. The first-order valence-corrected chi connectivity index (χ1v) is 7.02. The third kappa shape index (κ3) is 5.00. The Morgan fingerprint density at radius 2 is 2.19 bits per heavy atom. The lowest BCUT2D eigenvalue weighted by atomic mass is 10.2. The number of aliphatic carboxylic acids is 1. The zero-order valence-corrected chi connectivity index (χ0v) is 12.2. The Hall–Kier alpha value is -1.63. The number of nitrogens with one attached hydrogen (secondary N) is 1. The molecule has 1 heterocycles. The average molecular weight is 313 g/mol. The molecule has 21 heavy (non-hydrogen) atoms. The van der Waals surface area contributed by atoms with Crippen LogP contribution in [0.4, 0.5) is 5.69 Å². The molecule has 0 saturated carbocycles. The summed E-state index contributed by atoms with van der Waals surface area (Å²) >= 11 is 5.98. The van der Waals surface area contributed by atoms with Crippen LogP contribution in [-0.4, -0.2) is 54.2 Å². The van der Waals surface area contributed by atoms with Crippen LogP contribution in [0, 0.1) is 0 Å². The van der Waals surface area contributed by atoms with E-state index in [-0.39, 0.29) is 25.0 Å². The summed E-state index contributed by atoms with van der Waals surface area (Å²) in [7, 11) is 0. The smallest absolute Gasteiger partial charge is 0.306 e. The number of rotatable bonds is 5. The summed E-state index contributed by atoms with van der Waals surface area (Å²) in [4.78, 5) is 24.6. The van der Waals surface area contributed by atoms with Crippen LogP contribution in [0.3, 0.4) is 0 Å². The number of para-hydroxylation sites is 1. The van der Waals surface area contributed by atoms with Crippen molar-refractivity contribution in [2.24, 2.45) is 0 Å². The fourth-order valence-electron chi connectivity index (χ4n) is 2.20. The number of ether oxygens (including phenoxy) is 1. The van der Waals surface area contributed by atoms with Crippen molar-refractivity contribution >= 4 is 29.2 Å². The summed E-state index contributed by atoms with van der Waals surface area (Å²) in [6, 6.07) is 7.01. The molecule has 6 nitrogen and oxygen atoms in total. The lowest BCUT2D eigenvalue weighted by molar-refractivity contribution is -0.142. The van der Waals surface area contributed by atoms with Gasteiger partial charge in [0, 0.05) is 13.1 Å². The van der Waals surface area contributed by atoms with E-state index < -0.39 is 5.97 Å². The lowest BCUT2D eigenvalue weighted by Gasteiger charge is -2.31. The molecule has 1 aliphatic rings. The highest BCUT2D eigenvalue weighted by Crippen LogP contribution is 2.20. The molecule has 114 valence electrons. The molecule has 0 aliphatic carbocycles. The minimum absolute atomic E-state index is 0.0529. The van der Waals surface area contributed by atoms with Gasteiger partial charge in [-0.2, -0.15) is 0 Å². The van der Waals surface area contributed by atoms with Crippen LogP contribution in [-0.2, 0) is 14.3 Å². The van der Waals surface area contributed by atoms with Crippen LogP contribution in [0.2, 0.25) is 5.02 Å². The molecule has 1 fully saturated rings. The molecule has 1 amide bonds. The van der Waals surface area contributed by atoms with Crippen LogP contribution >= 0.6 is 11.6 Å². The minimum atomic E-state index is -0.901. The van der Waals surface area contributed by atoms with Crippen molar-refractivity contribution in [1.29, 1.82) is 0 Å². The van der Waals surface area contributed by atoms with Crippen LogP contribution in [0.25, 0.3) is 0 Å². The molecule has 1 aliphatic heterocycles. The van der Waals surface area contributed by atoms with Gasteiger partial charge in [0.15, 0.2) is 0 Å².